The third kappa shape index (κ3) is 3.57. The molecule has 0 atom stereocenters. The molecule has 1 N–H and O–H groups in total. The predicted molar refractivity (Wildman–Crippen MR) is 78.3 cm³/mol. The fourth-order valence-corrected chi connectivity index (χ4v) is 2.12. The predicted octanol–water partition coefficient (Wildman–Crippen LogP) is -0.395. The van der Waals surface area contributed by atoms with Gasteiger partial charge in [-0.15, -0.1) is 0 Å². The van der Waals surface area contributed by atoms with Crippen molar-refractivity contribution in [1.29, 1.82) is 0 Å². The zero-order valence-corrected chi connectivity index (χ0v) is 12.3. The largest absolute Gasteiger partial charge is 0.332 e. The van der Waals surface area contributed by atoms with Gasteiger partial charge < -0.3 is 5.32 Å². The molecule has 0 aliphatic heterocycles. The number of carbonyl (C=O) groups excluding carboxylic acids is 1. The molecule has 2 aromatic heterocycles. The number of nitrogens with one attached hydrogen (secondary N) is 1. The van der Waals surface area contributed by atoms with E-state index in [2.05, 4.69) is 15.3 Å². The molecule has 1 amide bonds. The molecule has 2 aromatic rings. The van der Waals surface area contributed by atoms with E-state index in [0.29, 0.717) is 5.16 Å². The Labute approximate surface area is 123 Å². The number of hydrogen-bond acceptors (Lipinski definition) is 6. The van der Waals surface area contributed by atoms with Crippen LogP contribution in [0, 0.1) is 0 Å². The monoisotopic (exact) mass is 307 g/mol. The first-order chi connectivity index (χ1) is 9.99. The molecule has 0 saturated carbocycles. The molecule has 0 radical (unpaired) electrons. The summed E-state index contributed by atoms with van der Waals surface area (Å²) in [5.41, 5.74) is -0.982. The van der Waals surface area contributed by atoms with E-state index in [1.165, 1.54) is 24.7 Å². The van der Waals surface area contributed by atoms with Gasteiger partial charge in [0.05, 0.1) is 5.75 Å². The minimum atomic E-state index is -0.503. The second-order valence-corrected chi connectivity index (χ2v) is 5.08. The molecule has 110 valence electrons. The van der Waals surface area contributed by atoms with Crippen molar-refractivity contribution in [2.24, 2.45) is 14.1 Å². The Morgan fingerprint density at radius 3 is 2.57 bits per heavy atom. The maximum atomic E-state index is 11.8. The SMILES string of the molecule is Cn1c(NC(=O)CSc2ncccn2)cc(=O)n(C)c1=O. The maximum absolute atomic E-state index is 11.8. The zero-order chi connectivity index (χ0) is 15.4. The van der Waals surface area contributed by atoms with E-state index in [1.54, 1.807) is 18.5 Å². The van der Waals surface area contributed by atoms with Gasteiger partial charge in [-0.2, -0.15) is 0 Å². The van der Waals surface area contributed by atoms with Crippen molar-refractivity contribution < 1.29 is 4.79 Å². The highest BCUT2D eigenvalue weighted by atomic mass is 32.2. The summed E-state index contributed by atoms with van der Waals surface area (Å²) in [6, 6.07) is 2.88. The van der Waals surface area contributed by atoms with E-state index in [4.69, 9.17) is 0 Å². The van der Waals surface area contributed by atoms with E-state index in [1.807, 2.05) is 0 Å². The van der Waals surface area contributed by atoms with E-state index >= 15 is 0 Å². The average molecular weight is 307 g/mol. The van der Waals surface area contributed by atoms with Crippen LogP contribution in [0.15, 0.2) is 39.3 Å². The van der Waals surface area contributed by atoms with Gasteiger partial charge in [0, 0.05) is 32.6 Å². The molecule has 0 saturated heterocycles. The van der Waals surface area contributed by atoms with E-state index in [-0.39, 0.29) is 17.5 Å². The Morgan fingerprint density at radius 1 is 1.24 bits per heavy atom. The number of carbonyl (C=O) groups is 1. The summed E-state index contributed by atoms with van der Waals surface area (Å²) in [4.78, 5) is 43.1. The Kier molecular flexibility index (Phi) is 4.53. The Morgan fingerprint density at radius 2 is 1.90 bits per heavy atom. The molecular weight excluding hydrogens is 294 g/mol. The van der Waals surface area contributed by atoms with Gasteiger partial charge in [0.2, 0.25) is 5.91 Å². The molecule has 0 unspecified atom stereocenters. The lowest BCUT2D eigenvalue weighted by atomic mass is 10.5. The van der Waals surface area contributed by atoms with Crippen LogP contribution in [0.3, 0.4) is 0 Å². The minimum absolute atomic E-state index is 0.0768. The molecule has 9 heteroatoms. The minimum Gasteiger partial charge on any atom is -0.311 e. The number of thioether (sulfide) groups is 1. The van der Waals surface area contributed by atoms with Gasteiger partial charge in [0.25, 0.3) is 5.56 Å². The number of hydrogen-bond donors (Lipinski definition) is 1. The smallest absolute Gasteiger partial charge is 0.311 e. The Hall–Kier alpha value is -2.42. The Balaban J connectivity index is 2.07. The molecule has 2 rings (SSSR count). The van der Waals surface area contributed by atoms with Crippen LogP contribution < -0.4 is 16.6 Å². The third-order valence-electron chi connectivity index (χ3n) is 2.67. The number of nitrogens with zero attached hydrogens (tertiary/aromatic N) is 4. The van der Waals surface area contributed by atoms with Crippen LogP contribution in [0.1, 0.15) is 0 Å². The lowest BCUT2D eigenvalue weighted by molar-refractivity contribution is -0.113. The standard InChI is InChI=1S/C12H13N5O3S/c1-16-8(6-10(19)17(2)12(16)20)15-9(18)7-21-11-13-4-3-5-14-11/h3-6H,7H2,1-2H3,(H,15,18). The van der Waals surface area contributed by atoms with Gasteiger partial charge in [0.1, 0.15) is 5.82 Å². The second-order valence-electron chi connectivity index (χ2n) is 4.14. The van der Waals surface area contributed by atoms with Crippen molar-refractivity contribution in [3.05, 3.63) is 45.4 Å². The van der Waals surface area contributed by atoms with Crippen LogP contribution in [0.2, 0.25) is 0 Å². The third-order valence-corrected chi connectivity index (χ3v) is 3.54. The van der Waals surface area contributed by atoms with Crippen molar-refractivity contribution in [2.45, 2.75) is 5.16 Å². The molecule has 0 aliphatic carbocycles. The van der Waals surface area contributed by atoms with Crippen LogP contribution in [-0.4, -0.2) is 30.8 Å². The van der Waals surface area contributed by atoms with Crippen LogP contribution in [-0.2, 0) is 18.9 Å². The highest BCUT2D eigenvalue weighted by Gasteiger charge is 2.10. The quantitative estimate of drug-likeness (QED) is 0.610. The van der Waals surface area contributed by atoms with Crippen molar-refractivity contribution >= 4 is 23.5 Å². The van der Waals surface area contributed by atoms with Gasteiger partial charge in [-0.25, -0.2) is 14.8 Å². The summed E-state index contributed by atoms with van der Waals surface area (Å²) in [6.07, 6.45) is 3.16. The summed E-state index contributed by atoms with van der Waals surface area (Å²) in [6.45, 7) is 0. The van der Waals surface area contributed by atoms with E-state index in [9.17, 15) is 14.4 Å². The van der Waals surface area contributed by atoms with Crippen LogP contribution in [0.5, 0.6) is 0 Å². The average Bonchev–Trinajstić information content (AvgIpc) is 2.49. The van der Waals surface area contributed by atoms with Crippen molar-refractivity contribution in [1.82, 2.24) is 19.1 Å². The van der Waals surface area contributed by atoms with Gasteiger partial charge in [-0.1, -0.05) is 11.8 Å². The number of rotatable bonds is 4. The molecule has 21 heavy (non-hydrogen) atoms. The summed E-state index contributed by atoms with van der Waals surface area (Å²) in [5, 5.41) is 3.00. The molecule has 0 bridgehead atoms. The molecular formula is C12H13N5O3S. The lowest BCUT2D eigenvalue weighted by Gasteiger charge is -2.10. The topological polar surface area (TPSA) is 98.9 Å². The molecule has 0 aliphatic rings. The van der Waals surface area contributed by atoms with Gasteiger partial charge >= 0.3 is 5.69 Å². The number of anilines is 1. The summed E-state index contributed by atoms with van der Waals surface area (Å²) < 4.78 is 2.16. The first kappa shape index (κ1) is 15.0. The van der Waals surface area contributed by atoms with E-state index < -0.39 is 11.2 Å². The molecule has 2 heterocycles. The summed E-state index contributed by atoms with van der Waals surface area (Å²) >= 11 is 1.16. The van der Waals surface area contributed by atoms with Crippen LogP contribution >= 0.6 is 11.8 Å². The summed E-state index contributed by atoms with van der Waals surface area (Å²) in [7, 11) is 2.85. The van der Waals surface area contributed by atoms with E-state index in [0.717, 1.165) is 16.3 Å². The highest BCUT2D eigenvalue weighted by molar-refractivity contribution is 7.99. The van der Waals surface area contributed by atoms with Crippen LogP contribution in [0.25, 0.3) is 0 Å². The van der Waals surface area contributed by atoms with Crippen molar-refractivity contribution in [3.63, 3.8) is 0 Å². The molecule has 0 fully saturated rings. The second kappa shape index (κ2) is 6.35. The zero-order valence-electron chi connectivity index (χ0n) is 11.4. The Bertz CT molecular complexity index is 769. The van der Waals surface area contributed by atoms with Crippen LogP contribution in [0.4, 0.5) is 5.82 Å². The normalized spacial score (nSPS) is 10.4. The lowest BCUT2D eigenvalue weighted by Crippen LogP contribution is -2.38. The highest BCUT2D eigenvalue weighted by Crippen LogP contribution is 2.11. The molecule has 0 spiro atoms. The fraction of sp³-hybridized carbons (Fsp3) is 0.250. The maximum Gasteiger partial charge on any atom is 0.332 e. The van der Waals surface area contributed by atoms with Gasteiger partial charge in [-0.05, 0) is 6.07 Å². The first-order valence-corrected chi connectivity index (χ1v) is 6.94. The fourth-order valence-electron chi connectivity index (χ4n) is 1.52. The number of amides is 1. The molecule has 8 nitrogen and oxygen atoms in total. The summed E-state index contributed by atoms with van der Waals surface area (Å²) in [5.74, 6) is -0.119. The molecule has 0 aromatic carbocycles. The van der Waals surface area contributed by atoms with Crippen molar-refractivity contribution in [3.8, 4) is 0 Å². The number of aromatic nitrogens is 4. The van der Waals surface area contributed by atoms with Gasteiger partial charge in [-0.3, -0.25) is 18.7 Å². The first-order valence-electron chi connectivity index (χ1n) is 5.96. The van der Waals surface area contributed by atoms with Gasteiger partial charge in [0.15, 0.2) is 5.16 Å². The van der Waals surface area contributed by atoms with Crippen molar-refractivity contribution in [2.75, 3.05) is 11.1 Å².